The molecule has 154 valence electrons. The molecule has 2 saturated heterocycles. The highest BCUT2D eigenvalue weighted by Gasteiger charge is 2.35. The van der Waals surface area contributed by atoms with Crippen molar-refractivity contribution in [3.05, 3.63) is 66.2 Å². The molecule has 4 rings (SSSR count). The zero-order chi connectivity index (χ0) is 19.9. The molecule has 0 spiro atoms. The summed E-state index contributed by atoms with van der Waals surface area (Å²) in [4.78, 5) is 14.9. The maximum Gasteiger partial charge on any atom is 0.317 e. The monoisotopic (exact) mass is 393 g/mol. The van der Waals surface area contributed by atoms with E-state index in [1.54, 1.807) is 0 Å². The molecule has 0 bridgehead atoms. The minimum atomic E-state index is -0.0351. The van der Waals surface area contributed by atoms with Gasteiger partial charge in [0.25, 0.3) is 0 Å². The zero-order valence-electron chi connectivity index (χ0n) is 17.0. The van der Waals surface area contributed by atoms with Crippen LogP contribution >= 0.6 is 0 Å². The van der Waals surface area contributed by atoms with E-state index in [-0.39, 0.29) is 11.4 Å². The first-order chi connectivity index (χ1) is 14.3. The van der Waals surface area contributed by atoms with Crippen LogP contribution in [0, 0.1) is 0 Å². The normalized spacial score (nSPS) is 21.4. The summed E-state index contributed by atoms with van der Waals surface area (Å²) in [5.41, 5.74) is 2.38. The van der Waals surface area contributed by atoms with Crippen LogP contribution in [-0.2, 0) is 10.2 Å². The predicted octanol–water partition coefficient (Wildman–Crippen LogP) is 4.02. The number of benzene rings is 2. The van der Waals surface area contributed by atoms with E-state index in [2.05, 4.69) is 47.0 Å². The molecule has 29 heavy (non-hydrogen) atoms. The van der Waals surface area contributed by atoms with Crippen LogP contribution in [-0.4, -0.2) is 49.8 Å². The van der Waals surface area contributed by atoms with Gasteiger partial charge in [-0.1, -0.05) is 48.5 Å². The third kappa shape index (κ3) is 4.91. The van der Waals surface area contributed by atoms with Crippen molar-refractivity contribution in [2.75, 3.05) is 38.2 Å². The fraction of sp³-hybridized carbons (Fsp3) is 0.458. The lowest BCUT2D eigenvalue weighted by Gasteiger charge is -2.39. The molecular weight excluding hydrogens is 362 g/mol. The summed E-state index contributed by atoms with van der Waals surface area (Å²) in [5.74, 6) is 0. The van der Waals surface area contributed by atoms with Crippen molar-refractivity contribution in [2.24, 2.45) is 0 Å². The Balaban J connectivity index is 1.36. The van der Waals surface area contributed by atoms with Crippen molar-refractivity contribution < 1.29 is 9.53 Å². The number of piperidine rings is 1. The van der Waals surface area contributed by atoms with Gasteiger partial charge in [0.15, 0.2) is 0 Å². The smallest absolute Gasteiger partial charge is 0.317 e. The van der Waals surface area contributed by atoms with Crippen LogP contribution in [0.5, 0.6) is 0 Å². The number of hydrogen-bond donors (Lipinski definition) is 2. The molecule has 1 atom stereocenters. The molecule has 2 aliphatic heterocycles. The fourth-order valence-corrected chi connectivity index (χ4v) is 4.53. The highest BCUT2D eigenvalue weighted by atomic mass is 16.5. The van der Waals surface area contributed by atoms with Crippen LogP contribution in [0.25, 0.3) is 0 Å². The van der Waals surface area contributed by atoms with Gasteiger partial charge in [0.2, 0.25) is 0 Å². The van der Waals surface area contributed by atoms with E-state index in [1.165, 1.54) is 5.56 Å². The highest BCUT2D eigenvalue weighted by molar-refractivity contribution is 5.74. The molecule has 2 heterocycles. The lowest BCUT2D eigenvalue weighted by atomic mass is 9.74. The number of likely N-dealkylation sites (tertiary alicyclic amines) is 1. The number of para-hydroxylation sites is 1. The van der Waals surface area contributed by atoms with E-state index in [0.717, 1.165) is 57.7 Å². The number of nitrogens with zero attached hydrogens (tertiary/aromatic N) is 1. The van der Waals surface area contributed by atoms with Crippen LogP contribution in [0.3, 0.4) is 0 Å². The van der Waals surface area contributed by atoms with Crippen molar-refractivity contribution in [1.82, 2.24) is 10.2 Å². The van der Waals surface area contributed by atoms with E-state index in [1.807, 2.05) is 29.2 Å². The quantitative estimate of drug-likeness (QED) is 0.807. The molecule has 2 aromatic rings. The summed E-state index contributed by atoms with van der Waals surface area (Å²) in [5, 5.41) is 6.82. The maximum atomic E-state index is 13.0. The standard InChI is InChI=1S/C24H31N3O2/c28-23(27-15-7-12-22(18-27)26-21-10-5-2-6-11-21)25-19-24(13-16-29-17-14-24)20-8-3-1-4-9-20/h1-6,8-11,22,26H,7,12-19H2,(H,25,28). The Bertz CT molecular complexity index is 775. The molecule has 2 aromatic carbocycles. The first-order valence-corrected chi connectivity index (χ1v) is 10.7. The van der Waals surface area contributed by atoms with Crippen LogP contribution < -0.4 is 10.6 Å². The third-order valence-electron chi connectivity index (χ3n) is 6.27. The molecule has 0 aromatic heterocycles. The summed E-state index contributed by atoms with van der Waals surface area (Å²) in [7, 11) is 0. The summed E-state index contributed by atoms with van der Waals surface area (Å²) in [6.45, 7) is 3.71. The number of carbonyl (C=O) groups is 1. The van der Waals surface area contributed by atoms with Gasteiger partial charge in [-0.3, -0.25) is 0 Å². The molecule has 2 amide bonds. The summed E-state index contributed by atoms with van der Waals surface area (Å²) in [6, 6.07) is 21.1. The lowest BCUT2D eigenvalue weighted by Crippen LogP contribution is -2.52. The van der Waals surface area contributed by atoms with Crippen molar-refractivity contribution in [3.8, 4) is 0 Å². The Morgan fingerprint density at radius 3 is 2.45 bits per heavy atom. The number of carbonyl (C=O) groups excluding carboxylic acids is 1. The summed E-state index contributed by atoms with van der Waals surface area (Å²) < 4.78 is 5.61. The van der Waals surface area contributed by atoms with Crippen molar-refractivity contribution in [1.29, 1.82) is 0 Å². The highest BCUT2D eigenvalue weighted by Crippen LogP contribution is 2.34. The first-order valence-electron chi connectivity index (χ1n) is 10.7. The van der Waals surface area contributed by atoms with Gasteiger partial charge >= 0.3 is 6.03 Å². The van der Waals surface area contributed by atoms with Gasteiger partial charge in [-0.25, -0.2) is 4.79 Å². The number of hydrogen-bond acceptors (Lipinski definition) is 3. The van der Waals surface area contributed by atoms with Gasteiger partial charge in [0.05, 0.1) is 0 Å². The Labute approximate surface area is 173 Å². The Kier molecular flexibility index (Phi) is 6.35. The van der Waals surface area contributed by atoms with Gasteiger partial charge < -0.3 is 20.3 Å². The molecule has 0 radical (unpaired) electrons. The number of ether oxygens (including phenoxy) is 1. The number of urea groups is 1. The summed E-state index contributed by atoms with van der Waals surface area (Å²) >= 11 is 0. The lowest BCUT2D eigenvalue weighted by molar-refractivity contribution is 0.0500. The van der Waals surface area contributed by atoms with Crippen LogP contribution in [0.2, 0.25) is 0 Å². The average Bonchev–Trinajstić information content (AvgIpc) is 2.79. The number of rotatable bonds is 5. The zero-order valence-corrected chi connectivity index (χ0v) is 17.0. The molecule has 1 unspecified atom stereocenters. The number of nitrogens with one attached hydrogen (secondary N) is 2. The molecular formula is C24H31N3O2. The molecule has 2 fully saturated rings. The summed E-state index contributed by atoms with van der Waals surface area (Å²) in [6.07, 6.45) is 3.99. The van der Waals surface area contributed by atoms with Gasteiger partial charge in [-0.2, -0.15) is 0 Å². The van der Waals surface area contributed by atoms with Crippen LogP contribution in [0.15, 0.2) is 60.7 Å². The maximum absolute atomic E-state index is 13.0. The van der Waals surface area contributed by atoms with Gasteiger partial charge in [0, 0.05) is 50.0 Å². The molecule has 2 aliphatic rings. The van der Waals surface area contributed by atoms with E-state index in [0.29, 0.717) is 12.6 Å². The van der Waals surface area contributed by atoms with Crippen LogP contribution in [0.1, 0.15) is 31.2 Å². The van der Waals surface area contributed by atoms with Gasteiger partial charge in [-0.15, -0.1) is 0 Å². The molecule has 0 aliphatic carbocycles. The van der Waals surface area contributed by atoms with E-state index < -0.39 is 0 Å². The van der Waals surface area contributed by atoms with E-state index in [4.69, 9.17) is 4.74 Å². The van der Waals surface area contributed by atoms with E-state index in [9.17, 15) is 4.79 Å². The predicted molar refractivity (Wildman–Crippen MR) is 116 cm³/mol. The Hall–Kier alpha value is -2.53. The third-order valence-corrected chi connectivity index (χ3v) is 6.27. The number of anilines is 1. The first kappa shape index (κ1) is 19.8. The average molecular weight is 394 g/mol. The largest absolute Gasteiger partial charge is 0.381 e. The topological polar surface area (TPSA) is 53.6 Å². The molecule has 2 N–H and O–H groups in total. The van der Waals surface area contributed by atoms with Gasteiger partial charge in [0.1, 0.15) is 0 Å². The second kappa shape index (κ2) is 9.31. The molecule has 5 nitrogen and oxygen atoms in total. The van der Waals surface area contributed by atoms with Crippen molar-refractivity contribution in [2.45, 2.75) is 37.1 Å². The molecule has 0 saturated carbocycles. The minimum Gasteiger partial charge on any atom is -0.381 e. The Morgan fingerprint density at radius 1 is 1.03 bits per heavy atom. The van der Waals surface area contributed by atoms with Crippen molar-refractivity contribution in [3.63, 3.8) is 0 Å². The second-order valence-corrected chi connectivity index (χ2v) is 8.21. The van der Waals surface area contributed by atoms with Gasteiger partial charge in [-0.05, 0) is 43.4 Å². The van der Waals surface area contributed by atoms with Crippen molar-refractivity contribution >= 4 is 11.7 Å². The molecule has 5 heteroatoms. The second-order valence-electron chi connectivity index (χ2n) is 8.21. The fourth-order valence-electron chi connectivity index (χ4n) is 4.53. The number of amides is 2. The Morgan fingerprint density at radius 2 is 1.72 bits per heavy atom. The van der Waals surface area contributed by atoms with E-state index >= 15 is 0 Å². The minimum absolute atomic E-state index is 0.0351. The van der Waals surface area contributed by atoms with Crippen LogP contribution in [0.4, 0.5) is 10.5 Å². The SMILES string of the molecule is O=C(NCC1(c2ccccc2)CCOCC1)N1CCCC(Nc2ccccc2)C1.